The first-order chi connectivity index (χ1) is 47.2. The molecule has 8 heteroatoms. The fourth-order valence-electron chi connectivity index (χ4n) is 16.5. The summed E-state index contributed by atoms with van der Waals surface area (Å²) >= 11 is 0. The summed E-state index contributed by atoms with van der Waals surface area (Å²) in [6, 6.07) is 67.8. The number of benzene rings is 8. The molecule has 0 aliphatic heterocycles. The molecule has 0 spiro atoms. The fraction of sp³-hybridized carbons (Fsp3) is 0.409. The van der Waals surface area contributed by atoms with Crippen molar-refractivity contribution < 1.29 is 38.1 Å². The van der Waals surface area contributed by atoms with Crippen LogP contribution in [0.15, 0.2) is 194 Å². The Kier molecular flexibility index (Phi) is 23.6. The van der Waals surface area contributed by atoms with Gasteiger partial charge < -0.3 is 18.9 Å². The van der Waals surface area contributed by atoms with Crippen LogP contribution in [0.5, 0.6) is 0 Å². The summed E-state index contributed by atoms with van der Waals surface area (Å²) in [6.45, 7) is 6.00. The van der Waals surface area contributed by atoms with E-state index in [-0.39, 0.29) is 47.5 Å². The second kappa shape index (κ2) is 33.5. The molecule has 8 nitrogen and oxygen atoms in total. The highest BCUT2D eigenvalue weighted by atomic mass is 16.5. The van der Waals surface area contributed by atoms with Crippen LogP contribution in [0.3, 0.4) is 0 Å². The second-order valence-electron chi connectivity index (χ2n) is 28.1. The molecule has 8 aromatic rings. The topological polar surface area (TPSA) is 105 Å². The van der Waals surface area contributed by atoms with E-state index in [1.54, 1.807) is 0 Å². The Bertz CT molecular complexity index is 3260. The number of carbonyl (C=O) groups is 4. The highest BCUT2D eigenvalue weighted by Gasteiger charge is 2.33. The summed E-state index contributed by atoms with van der Waals surface area (Å²) in [5.41, 5.74) is 19.5. The van der Waals surface area contributed by atoms with Crippen LogP contribution < -0.4 is 0 Å². The molecule has 0 N–H and O–H groups in total. The van der Waals surface area contributed by atoms with E-state index in [2.05, 4.69) is 208 Å². The van der Waals surface area contributed by atoms with Crippen molar-refractivity contribution in [3.8, 4) is 44.5 Å². The van der Waals surface area contributed by atoms with E-state index in [0.717, 1.165) is 89.9 Å². The van der Waals surface area contributed by atoms with Crippen molar-refractivity contribution in [2.24, 2.45) is 23.7 Å². The van der Waals surface area contributed by atoms with E-state index in [1.807, 2.05) is 0 Å². The zero-order valence-electron chi connectivity index (χ0n) is 56.7. The highest BCUT2D eigenvalue weighted by molar-refractivity contribution is 5.82. The van der Waals surface area contributed by atoms with Crippen molar-refractivity contribution in [3.05, 3.63) is 239 Å². The fourth-order valence-corrected chi connectivity index (χ4v) is 16.5. The summed E-state index contributed by atoms with van der Waals surface area (Å²) in [5.74, 6) is 1.52. The Labute approximate surface area is 571 Å². The maximum Gasteiger partial charge on any atom is 0.305 e. The number of hydrogen-bond acceptors (Lipinski definition) is 8. The van der Waals surface area contributed by atoms with E-state index >= 15 is 0 Å². The number of rotatable bonds is 37. The van der Waals surface area contributed by atoms with Gasteiger partial charge in [-0.05, 0) is 164 Å². The normalized spacial score (nSPS) is 13.8. The molecule has 1 atom stereocenters. The van der Waals surface area contributed by atoms with Gasteiger partial charge in [0.1, 0.15) is 26.4 Å². The molecule has 0 saturated carbocycles. The lowest BCUT2D eigenvalue weighted by Crippen LogP contribution is -2.14. The van der Waals surface area contributed by atoms with Gasteiger partial charge in [-0.25, -0.2) is 0 Å². The van der Waals surface area contributed by atoms with E-state index in [4.69, 9.17) is 18.9 Å². The third-order valence-electron chi connectivity index (χ3n) is 21.9. The van der Waals surface area contributed by atoms with Gasteiger partial charge in [0.25, 0.3) is 0 Å². The number of hydrogen-bond donors (Lipinski definition) is 0. The molecule has 0 heterocycles. The predicted molar refractivity (Wildman–Crippen MR) is 386 cm³/mol. The summed E-state index contributed by atoms with van der Waals surface area (Å²) < 4.78 is 24.4. The lowest BCUT2D eigenvalue weighted by atomic mass is 9.84. The minimum Gasteiger partial charge on any atom is -0.465 e. The van der Waals surface area contributed by atoms with Gasteiger partial charge >= 0.3 is 23.9 Å². The summed E-state index contributed by atoms with van der Waals surface area (Å²) in [6.07, 6.45) is 19.5. The number of ether oxygens (including phenoxy) is 4. The quantitative estimate of drug-likeness (QED) is 0.0280. The van der Waals surface area contributed by atoms with Crippen molar-refractivity contribution >= 4 is 23.9 Å². The predicted octanol–water partition coefficient (Wildman–Crippen LogP) is 21.5. The number of fused-ring (bicyclic) bond motifs is 12. The van der Waals surface area contributed by atoms with Crippen molar-refractivity contribution in [2.45, 2.75) is 179 Å². The molecule has 0 saturated heterocycles. The molecule has 0 fully saturated rings. The summed E-state index contributed by atoms with van der Waals surface area (Å²) in [4.78, 5) is 54.4. The number of esters is 4. The Morgan fingerprint density at radius 1 is 0.271 bits per heavy atom. The first-order valence-corrected chi connectivity index (χ1v) is 36.5. The monoisotopic (exact) mass is 1280 g/mol. The van der Waals surface area contributed by atoms with Crippen LogP contribution >= 0.6 is 0 Å². The smallest absolute Gasteiger partial charge is 0.305 e. The van der Waals surface area contributed by atoms with Crippen molar-refractivity contribution in [3.63, 3.8) is 0 Å². The molecule has 12 rings (SSSR count). The lowest BCUT2D eigenvalue weighted by Gasteiger charge is -2.22. The lowest BCUT2D eigenvalue weighted by molar-refractivity contribution is -0.145. The Hall–Kier alpha value is -8.36. The van der Waals surface area contributed by atoms with Gasteiger partial charge in [0.15, 0.2) is 0 Å². The van der Waals surface area contributed by atoms with Crippen molar-refractivity contribution in [2.75, 3.05) is 26.4 Å². The van der Waals surface area contributed by atoms with Crippen LogP contribution in [0.4, 0.5) is 0 Å². The van der Waals surface area contributed by atoms with Crippen LogP contribution in [0.25, 0.3) is 44.5 Å². The molecular weight excluding hydrogens is 1180 g/mol. The molecular formula is C88H98O8. The van der Waals surface area contributed by atoms with Gasteiger partial charge in [0, 0.05) is 49.4 Å². The van der Waals surface area contributed by atoms with Crippen LogP contribution in [-0.4, -0.2) is 50.3 Å². The minimum atomic E-state index is -0.150. The average Bonchev–Trinajstić information content (AvgIpc) is 2.72. The van der Waals surface area contributed by atoms with Gasteiger partial charge in [0.2, 0.25) is 0 Å². The molecule has 1 unspecified atom stereocenters. The largest absolute Gasteiger partial charge is 0.465 e. The SMILES string of the molecule is CCC(C)CCCC(CCCC(CCCC(=O)OCC1c2ccccc2-c2ccccc21)CCCC(=O)OCC1c2ccccc2-c2ccccc21)CCCC(CCCC(=O)OCC1c2ccccc2-c2ccccc21)CCCC(=O)OCC1c2ccccc2-c2ccccc21. The third kappa shape index (κ3) is 16.7. The Morgan fingerprint density at radius 3 is 0.646 bits per heavy atom. The summed E-state index contributed by atoms with van der Waals surface area (Å²) in [5, 5.41) is 0. The van der Waals surface area contributed by atoms with Crippen LogP contribution in [-0.2, 0) is 38.1 Å². The van der Waals surface area contributed by atoms with Crippen molar-refractivity contribution in [1.29, 1.82) is 0 Å². The van der Waals surface area contributed by atoms with Gasteiger partial charge in [0.05, 0.1) is 0 Å². The average molecular weight is 1280 g/mol. The van der Waals surface area contributed by atoms with Gasteiger partial charge in [-0.1, -0.05) is 272 Å². The molecule has 0 radical (unpaired) electrons. The van der Waals surface area contributed by atoms with Gasteiger partial charge in [-0.15, -0.1) is 0 Å². The Balaban J connectivity index is 0.659. The molecule has 498 valence electrons. The highest BCUT2D eigenvalue weighted by Crippen LogP contribution is 2.49. The molecule has 4 aliphatic rings. The first-order valence-electron chi connectivity index (χ1n) is 36.5. The van der Waals surface area contributed by atoms with Crippen molar-refractivity contribution in [1.82, 2.24) is 0 Å². The Morgan fingerprint density at radius 2 is 0.448 bits per heavy atom. The van der Waals surface area contributed by atoms with Crippen LogP contribution in [0.2, 0.25) is 0 Å². The van der Waals surface area contributed by atoms with E-state index in [0.29, 0.717) is 75.8 Å². The molecule has 0 aromatic heterocycles. The first kappa shape index (κ1) is 67.6. The second-order valence-corrected chi connectivity index (χ2v) is 28.1. The van der Waals surface area contributed by atoms with E-state index in [1.165, 1.54) is 115 Å². The van der Waals surface area contributed by atoms with E-state index < -0.39 is 0 Å². The molecule has 0 bridgehead atoms. The van der Waals surface area contributed by atoms with Crippen LogP contribution in [0, 0.1) is 23.7 Å². The van der Waals surface area contributed by atoms with E-state index in [9.17, 15) is 19.2 Å². The summed E-state index contributed by atoms with van der Waals surface area (Å²) in [7, 11) is 0. The number of carbonyl (C=O) groups excluding carboxylic acids is 4. The zero-order valence-corrected chi connectivity index (χ0v) is 56.7. The van der Waals surface area contributed by atoms with Gasteiger partial charge in [-0.2, -0.15) is 0 Å². The minimum absolute atomic E-state index is 0.0273. The maximum absolute atomic E-state index is 13.6. The third-order valence-corrected chi connectivity index (χ3v) is 21.9. The molecule has 0 amide bonds. The van der Waals surface area contributed by atoms with Gasteiger partial charge in [-0.3, -0.25) is 19.2 Å². The maximum atomic E-state index is 13.6. The standard InChI is InChI=1S/C88H98O8/c1-3-61(2)27-20-28-62(29-21-31-63(33-23-53-85(89)93-57-81-73-45-12-4-37-65(73)66-38-5-13-46-74(66)81)34-24-54-86(90)94-58-82-75-47-14-6-39-67(75)68-40-7-15-48-76(68)82)30-22-32-64(35-25-55-87(91)95-59-83-77-49-16-8-41-69(77)70-42-9-17-50-78(70)83)36-26-56-88(92)96-60-84-79-51-18-10-43-71(79)72-44-11-19-52-80(72)84/h4-19,37-52,61-64,81-84H,3,20-36,53-60H2,1-2H3. The van der Waals surface area contributed by atoms with Crippen LogP contribution in [0.1, 0.15) is 223 Å². The molecule has 4 aliphatic carbocycles. The molecule has 96 heavy (non-hydrogen) atoms. The molecule has 8 aromatic carbocycles. The zero-order chi connectivity index (χ0) is 66.0.